The van der Waals surface area contributed by atoms with Gasteiger partial charge < -0.3 is 20.9 Å². The van der Waals surface area contributed by atoms with E-state index in [1.54, 1.807) is 18.3 Å². The first kappa shape index (κ1) is 20.6. The normalized spacial score (nSPS) is 14.5. The van der Waals surface area contributed by atoms with Gasteiger partial charge in [0.1, 0.15) is 11.9 Å². The van der Waals surface area contributed by atoms with E-state index in [9.17, 15) is 9.59 Å². The number of nitrogens with zero attached hydrogens (tertiary/aromatic N) is 2. The van der Waals surface area contributed by atoms with Crippen LogP contribution in [0, 0.1) is 5.92 Å². The molecule has 1 aliphatic heterocycles. The molecule has 0 aliphatic carbocycles. The molecular formula is C22H29N5O2. The Morgan fingerprint density at radius 3 is 2.52 bits per heavy atom. The van der Waals surface area contributed by atoms with Crippen molar-refractivity contribution < 1.29 is 9.59 Å². The second kappa shape index (κ2) is 9.91. The van der Waals surface area contributed by atoms with Crippen LogP contribution in [-0.4, -0.2) is 36.1 Å². The van der Waals surface area contributed by atoms with Gasteiger partial charge in [-0.15, -0.1) is 0 Å². The third-order valence-electron chi connectivity index (χ3n) is 4.97. The molecule has 1 aromatic carbocycles. The van der Waals surface area contributed by atoms with Crippen molar-refractivity contribution in [3.8, 4) is 0 Å². The highest BCUT2D eigenvalue weighted by molar-refractivity contribution is 5.93. The highest BCUT2D eigenvalue weighted by atomic mass is 16.2. The predicted octanol–water partition coefficient (Wildman–Crippen LogP) is 3.14. The summed E-state index contributed by atoms with van der Waals surface area (Å²) in [5.74, 6) is 0.701. The molecule has 0 spiro atoms. The SMILES string of the molecule is CC(C)C(NC(=O)Nc1ccccc1)C(=O)NCc1ccnc(N2CCCC2)c1. The molecule has 154 valence electrons. The maximum Gasteiger partial charge on any atom is 0.319 e. The molecule has 0 bridgehead atoms. The van der Waals surface area contributed by atoms with Gasteiger partial charge >= 0.3 is 6.03 Å². The lowest BCUT2D eigenvalue weighted by atomic mass is 10.0. The van der Waals surface area contributed by atoms with E-state index in [0.717, 1.165) is 24.5 Å². The number of rotatable bonds is 7. The summed E-state index contributed by atoms with van der Waals surface area (Å²) < 4.78 is 0. The van der Waals surface area contributed by atoms with Crippen LogP contribution in [0.3, 0.4) is 0 Å². The van der Waals surface area contributed by atoms with Gasteiger partial charge in [0.05, 0.1) is 0 Å². The number of urea groups is 1. The van der Waals surface area contributed by atoms with Gasteiger partial charge in [0.15, 0.2) is 0 Å². The summed E-state index contributed by atoms with van der Waals surface area (Å²) in [6, 6.07) is 12.0. The standard InChI is InChI=1S/C22H29N5O2/c1-16(2)20(26-22(29)25-18-8-4-3-5-9-18)21(28)24-15-17-10-11-23-19(14-17)27-12-6-7-13-27/h3-5,8-11,14,16,20H,6-7,12-13,15H2,1-2H3,(H,24,28)(H2,25,26,29). The number of aromatic nitrogens is 1. The van der Waals surface area contributed by atoms with Crippen molar-refractivity contribution in [2.45, 2.75) is 39.3 Å². The number of hydrogen-bond donors (Lipinski definition) is 3. The van der Waals surface area contributed by atoms with Gasteiger partial charge in [-0.1, -0.05) is 32.0 Å². The largest absolute Gasteiger partial charge is 0.357 e. The molecule has 1 atom stereocenters. The van der Waals surface area contributed by atoms with Crippen LogP contribution in [0.4, 0.5) is 16.3 Å². The van der Waals surface area contributed by atoms with Crippen molar-refractivity contribution in [3.05, 3.63) is 54.2 Å². The lowest BCUT2D eigenvalue weighted by Crippen LogP contribution is -2.50. The monoisotopic (exact) mass is 395 g/mol. The molecule has 1 saturated heterocycles. The van der Waals surface area contributed by atoms with Gasteiger partial charge in [0.25, 0.3) is 0 Å². The van der Waals surface area contributed by atoms with Gasteiger partial charge in [-0.2, -0.15) is 0 Å². The minimum Gasteiger partial charge on any atom is -0.357 e. The number of para-hydroxylation sites is 1. The zero-order valence-corrected chi connectivity index (χ0v) is 17.0. The smallest absolute Gasteiger partial charge is 0.319 e. The highest BCUT2D eigenvalue weighted by Gasteiger charge is 2.24. The van der Waals surface area contributed by atoms with Crippen molar-refractivity contribution in [1.82, 2.24) is 15.6 Å². The summed E-state index contributed by atoms with van der Waals surface area (Å²) in [5, 5.41) is 8.46. The maximum absolute atomic E-state index is 12.7. The molecule has 0 radical (unpaired) electrons. The molecular weight excluding hydrogens is 366 g/mol. The van der Waals surface area contributed by atoms with Crippen molar-refractivity contribution >= 4 is 23.4 Å². The van der Waals surface area contributed by atoms with Crippen LogP contribution in [0.1, 0.15) is 32.3 Å². The molecule has 0 saturated carbocycles. The third-order valence-corrected chi connectivity index (χ3v) is 4.97. The van der Waals surface area contributed by atoms with Crippen molar-refractivity contribution in [2.75, 3.05) is 23.3 Å². The van der Waals surface area contributed by atoms with E-state index in [0.29, 0.717) is 12.2 Å². The number of anilines is 2. The molecule has 2 heterocycles. The van der Waals surface area contributed by atoms with E-state index >= 15 is 0 Å². The lowest BCUT2D eigenvalue weighted by molar-refractivity contribution is -0.124. The number of carbonyl (C=O) groups is 2. The molecule has 1 aliphatic rings. The second-order valence-corrected chi connectivity index (χ2v) is 7.62. The van der Waals surface area contributed by atoms with Crippen molar-refractivity contribution in [1.29, 1.82) is 0 Å². The second-order valence-electron chi connectivity index (χ2n) is 7.62. The summed E-state index contributed by atoms with van der Waals surface area (Å²) >= 11 is 0. The van der Waals surface area contributed by atoms with Gasteiger partial charge in [0.2, 0.25) is 5.91 Å². The van der Waals surface area contributed by atoms with Crippen molar-refractivity contribution in [2.24, 2.45) is 5.92 Å². The van der Waals surface area contributed by atoms with E-state index < -0.39 is 12.1 Å². The number of amides is 3. The Kier molecular flexibility index (Phi) is 7.05. The minimum atomic E-state index is -0.626. The number of carbonyl (C=O) groups excluding carboxylic acids is 2. The average molecular weight is 396 g/mol. The number of pyridine rings is 1. The molecule has 1 aromatic heterocycles. The quantitative estimate of drug-likeness (QED) is 0.672. The van der Waals surface area contributed by atoms with E-state index in [-0.39, 0.29) is 11.8 Å². The fourth-order valence-electron chi connectivity index (χ4n) is 3.35. The van der Waals surface area contributed by atoms with Crippen LogP contribution in [-0.2, 0) is 11.3 Å². The van der Waals surface area contributed by atoms with Gasteiger partial charge in [-0.3, -0.25) is 4.79 Å². The van der Waals surface area contributed by atoms with Gasteiger partial charge in [-0.05, 0) is 48.6 Å². The molecule has 3 amide bonds. The summed E-state index contributed by atoms with van der Waals surface area (Å²) in [6.45, 7) is 6.26. The fourth-order valence-corrected chi connectivity index (χ4v) is 3.35. The maximum atomic E-state index is 12.7. The molecule has 7 nitrogen and oxygen atoms in total. The summed E-state index contributed by atoms with van der Waals surface area (Å²) in [7, 11) is 0. The molecule has 1 fully saturated rings. The topological polar surface area (TPSA) is 86.4 Å². The third kappa shape index (κ3) is 5.94. The fraction of sp³-hybridized carbons (Fsp3) is 0.409. The first-order chi connectivity index (χ1) is 14.0. The summed E-state index contributed by atoms with van der Waals surface area (Å²) in [5.41, 5.74) is 1.67. The minimum absolute atomic E-state index is 0.0471. The molecule has 3 rings (SSSR count). The van der Waals surface area contributed by atoms with E-state index in [1.165, 1.54) is 12.8 Å². The summed E-state index contributed by atoms with van der Waals surface area (Å²) in [4.78, 5) is 31.7. The Morgan fingerprint density at radius 1 is 1.10 bits per heavy atom. The zero-order valence-electron chi connectivity index (χ0n) is 17.0. The molecule has 2 aromatic rings. The van der Waals surface area contributed by atoms with Crippen LogP contribution >= 0.6 is 0 Å². The number of benzene rings is 1. The first-order valence-corrected chi connectivity index (χ1v) is 10.1. The van der Waals surface area contributed by atoms with E-state index in [2.05, 4.69) is 25.8 Å². The van der Waals surface area contributed by atoms with Crippen LogP contribution in [0.25, 0.3) is 0 Å². The van der Waals surface area contributed by atoms with Crippen molar-refractivity contribution in [3.63, 3.8) is 0 Å². The lowest BCUT2D eigenvalue weighted by Gasteiger charge is -2.22. The van der Waals surface area contributed by atoms with E-state index in [4.69, 9.17) is 0 Å². The van der Waals surface area contributed by atoms with Gasteiger partial charge in [-0.25, -0.2) is 9.78 Å². The molecule has 1 unspecified atom stereocenters. The van der Waals surface area contributed by atoms with Gasteiger partial charge in [0, 0.05) is 31.5 Å². The van der Waals surface area contributed by atoms with Crippen LogP contribution < -0.4 is 20.9 Å². The van der Waals surface area contributed by atoms with Crippen LogP contribution in [0.5, 0.6) is 0 Å². The van der Waals surface area contributed by atoms with Crippen LogP contribution in [0.2, 0.25) is 0 Å². The first-order valence-electron chi connectivity index (χ1n) is 10.1. The highest BCUT2D eigenvalue weighted by Crippen LogP contribution is 2.18. The van der Waals surface area contributed by atoms with E-state index in [1.807, 2.05) is 44.2 Å². The van der Waals surface area contributed by atoms with Crippen LogP contribution in [0.15, 0.2) is 48.7 Å². The Bertz CT molecular complexity index is 819. The Labute approximate surface area is 171 Å². The number of nitrogens with one attached hydrogen (secondary N) is 3. The Balaban J connectivity index is 1.55. The Hall–Kier alpha value is -3.09. The average Bonchev–Trinajstić information content (AvgIpc) is 3.26. The molecule has 7 heteroatoms. The molecule has 3 N–H and O–H groups in total. The number of hydrogen-bond acceptors (Lipinski definition) is 4. The predicted molar refractivity (Wildman–Crippen MR) is 115 cm³/mol. The summed E-state index contributed by atoms with van der Waals surface area (Å²) in [6.07, 6.45) is 4.16. The zero-order chi connectivity index (χ0) is 20.6. The Morgan fingerprint density at radius 2 is 1.83 bits per heavy atom. The molecule has 29 heavy (non-hydrogen) atoms.